The molecule has 2 N–H and O–H groups in total. The maximum absolute atomic E-state index is 13.3. The lowest BCUT2D eigenvalue weighted by molar-refractivity contribution is -0.141. The Bertz CT molecular complexity index is 1140. The van der Waals surface area contributed by atoms with Crippen molar-refractivity contribution in [1.29, 1.82) is 0 Å². The van der Waals surface area contributed by atoms with Crippen LogP contribution in [0.1, 0.15) is 22.6 Å². The first-order valence-corrected chi connectivity index (χ1v) is 10.2. The minimum absolute atomic E-state index is 0.207. The van der Waals surface area contributed by atoms with E-state index in [4.69, 9.17) is 0 Å². The third kappa shape index (κ3) is 4.64. The normalized spacial score (nSPS) is 11.9. The fourth-order valence-corrected chi connectivity index (χ4v) is 3.93. The van der Waals surface area contributed by atoms with E-state index in [0.717, 1.165) is 27.5 Å². The molecule has 4 rings (SSSR count). The number of hydrogen-bond donors (Lipinski definition) is 2. The van der Waals surface area contributed by atoms with Crippen molar-refractivity contribution in [3.05, 3.63) is 120 Å². The summed E-state index contributed by atoms with van der Waals surface area (Å²) in [4.78, 5) is 25.4. The van der Waals surface area contributed by atoms with E-state index in [-0.39, 0.29) is 12.3 Å². The van der Waals surface area contributed by atoms with Crippen LogP contribution < -0.4 is 5.32 Å². The number of carboxylic acids is 1. The van der Waals surface area contributed by atoms with Crippen LogP contribution in [0, 0.1) is 0 Å². The molecular weight excluding hydrogens is 386 g/mol. The summed E-state index contributed by atoms with van der Waals surface area (Å²) in [6.07, 6.45) is 0.207. The van der Waals surface area contributed by atoms with Crippen molar-refractivity contribution in [2.24, 2.45) is 0 Å². The molecule has 0 fully saturated rings. The van der Waals surface area contributed by atoms with Crippen molar-refractivity contribution in [2.45, 2.75) is 18.4 Å². The van der Waals surface area contributed by atoms with Crippen LogP contribution in [0.2, 0.25) is 0 Å². The first-order chi connectivity index (χ1) is 15.1. The highest BCUT2D eigenvalue weighted by Gasteiger charge is 2.28. The fraction of sp³-hybridized carbons (Fsp3) is 0.111. The van der Waals surface area contributed by atoms with Gasteiger partial charge in [-0.2, -0.15) is 0 Å². The number of hydrogen-bond acceptors (Lipinski definition) is 2. The molecule has 31 heavy (non-hydrogen) atoms. The van der Waals surface area contributed by atoms with Gasteiger partial charge in [0.2, 0.25) is 5.91 Å². The number of amides is 1. The van der Waals surface area contributed by atoms with Gasteiger partial charge in [-0.05, 0) is 27.5 Å². The molecule has 0 heterocycles. The SMILES string of the molecule is O=C(N[C@@H](Cc1cccc2ccccc12)C(=O)O)C(c1ccccc1)c1ccccc1. The molecule has 0 saturated carbocycles. The lowest BCUT2D eigenvalue weighted by Gasteiger charge is -2.22. The number of benzene rings is 4. The number of fused-ring (bicyclic) bond motifs is 1. The molecule has 1 amide bonds. The van der Waals surface area contributed by atoms with Gasteiger partial charge in [-0.25, -0.2) is 4.79 Å². The van der Waals surface area contributed by atoms with Gasteiger partial charge in [-0.3, -0.25) is 4.79 Å². The molecule has 0 bridgehead atoms. The van der Waals surface area contributed by atoms with Gasteiger partial charge in [-0.1, -0.05) is 103 Å². The Hall–Kier alpha value is -3.92. The first kappa shape index (κ1) is 20.4. The standard InChI is InChI=1S/C27H23NO3/c29-26(25(20-11-3-1-4-12-20)21-13-5-2-6-14-21)28-24(27(30)31)18-22-16-9-15-19-10-7-8-17-23(19)22/h1-17,24-25H,18H2,(H,28,29)(H,30,31)/t24-/m0/s1. The zero-order valence-electron chi connectivity index (χ0n) is 16.9. The van der Waals surface area contributed by atoms with E-state index in [1.807, 2.05) is 103 Å². The predicted molar refractivity (Wildman–Crippen MR) is 122 cm³/mol. The van der Waals surface area contributed by atoms with E-state index in [0.29, 0.717) is 0 Å². The summed E-state index contributed by atoms with van der Waals surface area (Å²) in [5.74, 6) is -1.97. The van der Waals surface area contributed by atoms with Crippen LogP contribution in [-0.4, -0.2) is 23.0 Å². The number of nitrogens with one attached hydrogen (secondary N) is 1. The average molecular weight is 409 g/mol. The number of carbonyl (C=O) groups excluding carboxylic acids is 1. The highest BCUT2D eigenvalue weighted by Crippen LogP contribution is 2.25. The highest BCUT2D eigenvalue weighted by molar-refractivity contribution is 5.91. The van der Waals surface area contributed by atoms with Gasteiger partial charge >= 0.3 is 5.97 Å². The van der Waals surface area contributed by atoms with Crippen LogP contribution in [0.4, 0.5) is 0 Å². The summed E-state index contributed by atoms with van der Waals surface area (Å²) in [5, 5.41) is 14.7. The molecule has 0 unspecified atom stereocenters. The Morgan fingerprint density at radius 2 is 1.26 bits per heavy atom. The summed E-state index contributed by atoms with van der Waals surface area (Å²) in [5.41, 5.74) is 2.53. The Labute approximate surface area is 181 Å². The van der Waals surface area contributed by atoms with E-state index < -0.39 is 17.9 Å². The van der Waals surface area contributed by atoms with Gasteiger partial charge in [0.05, 0.1) is 5.92 Å². The van der Waals surface area contributed by atoms with Gasteiger partial charge in [-0.15, -0.1) is 0 Å². The molecule has 4 heteroatoms. The maximum atomic E-state index is 13.3. The molecule has 0 radical (unpaired) electrons. The Balaban J connectivity index is 1.63. The maximum Gasteiger partial charge on any atom is 0.326 e. The Morgan fingerprint density at radius 1 is 0.710 bits per heavy atom. The molecule has 4 aromatic carbocycles. The van der Waals surface area contributed by atoms with Crippen molar-refractivity contribution in [3.8, 4) is 0 Å². The predicted octanol–water partition coefficient (Wildman–Crippen LogP) is 4.78. The third-order valence-corrected chi connectivity index (χ3v) is 5.45. The minimum Gasteiger partial charge on any atom is -0.480 e. The van der Waals surface area contributed by atoms with Crippen molar-refractivity contribution >= 4 is 22.6 Å². The molecule has 0 saturated heterocycles. The molecule has 0 aliphatic carbocycles. The lowest BCUT2D eigenvalue weighted by atomic mass is 9.90. The van der Waals surface area contributed by atoms with Crippen molar-refractivity contribution in [1.82, 2.24) is 5.32 Å². The molecule has 0 aromatic heterocycles. The van der Waals surface area contributed by atoms with Crippen LogP contribution in [0.25, 0.3) is 10.8 Å². The Kier molecular flexibility index (Phi) is 6.08. The summed E-state index contributed by atoms with van der Waals surface area (Å²) >= 11 is 0. The number of carboxylic acid groups (broad SMARTS) is 1. The van der Waals surface area contributed by atoms with E-state index in [1.54, 1.807) is 0 Å². The second kappa shape index (κ2) is 9.26. The van der Waals surface area contributed by atoms with Crippen LogP contribution in [0.3, 0.4) is 0 Å². The van der Waals surface area contributed by atoms with Crippen LogP contribution in [0.15, 0.2) is 103 Å². The van der Waals surface area contributed by atoms with Crippen LogP contribution in [-0.2, 0) is 16.0 Å². The van der Waals surface area contributed by atoms with E-state index in [1.165, 1.54) is 0 Å². The summed E-state index contributed by atoms with van der Waals surface area (Å²) < 4.78 is 0. The first-order valence-electron chi connectivity index (χ1n) is 10.2. The second-order valence-corrected chi connectivity index (χ2v) is 7.50. The van der Waals surface area contributed by atoms with Gasteiger partial charge in [0.15, 0.2) is 0 Å². The fourth-order valence-electron chi connectivity index (χ4n) is 3.93. The summed E-state index contributed by atoms with van der Waals surface area (Å²) in [6, 6.07) is 31.5. The molecule has 0 aliphatic rings. The van der Waals surface area contributed by atoms with E-state index in [2.05, 4.69) is 5.32 Å². The zero-order chi connectivity index (χ0) is 21.6. The molecule has 1 atom stereocenters. The van der Waals surface area contributed by atoms with Gasteiger partial charge in [0.1, 0.15) is 6.04 Å². The summed E-state index contributed by atoms with van der Waals surface area (Å²) in [6.45, 7) is 0. The largest absolute Gasteiger partial charge is 0.480 e. The van der Waals surface area contributed by atoms with Gasteiger partial charge < -0.3 is 10.4 Å². The molecule has 4 aromatic rings. The average Bonchev–Trinajstić information content (AvgIpc) is 2.80. The highest BCUT2D eigenvalue weighted by atomic mass is 16.4. The molecule has 0 aliphatic heterocycles. The lowest BCUT2D eigenvalue weighted by Crippen LogP contribution is -2.44. The number of aliphatic carboxylic acids is 1. The van der Waals surface area contributed by atoms with Crippen LogP contribution in [0.5, 0.6) is 0 Å². The quantitative estimate of drug-likeness (QED) is 0.461. The monoisotopic (exact) mass is 409 g/mol. The van der Waals surface area contributed by atoms with Crippen molar-refractivity contribution in [3.63, 3.8) is 0 Å². The van der Waals surface area contributed by atoms with E-state index >= 15 is 0 Å². The van der Waals surface area contributed by atoms with Gasteiger partial charge in [0, 0.05) is 6.42 Å². The smallest absolute Gasteiger partial charge is 0.326 e. The second-order valence-electron chi connectivity index (χ2n) is 7.50. The van der Waals surface area contributed by atoms with Crippen molar-refractivity contribution in [2.75, 3.05) is 0 Å². The van der Waals surface area contributed by atoms with Crippen LogP contribution >= 0.6 is 0 Å². The summed E-state index contributed by atoms with van der Waals surface area (Å²) in [7, 11) is 0. The number of carbonyl (C=O) groups is 2. The minimum atomic E-state index is -1.05. The van der Waals surface area contributed by atoms with Crippen molar-refractivity contribution < 1.29 is 14.7 Å². The van der Waals surface area contributed by atoms with E-state index in [9.17, 15) is 14.7 Å². The third-order valence-electron chi connectivity index (χ3n) is 5.45. The number of rotatable bonds is 7. The Morgan fingerprint density at radius 3 is 1.87 bits per heavy atom. The zero-order valence-corrected chi connectivity index (χ0v) is 16.9. The molecule has 4 nitrogen and oxygen atoms in total. The topological polar surface area (TPSA) is 66.4 Å². The molecule has 154 valence electrons. The molecular formula is C27H23NO3. The molecule has 0 spiro atoms. The van der Waals surface area contributed by atoms with Gasteiger partial charge in [0.25, 0.3) is 0 Å².